The summed E-state index contributed by atoms with van der Waals surface area (Å²) in [6.45, 7) is -6.20. The second-order valence-electron chi connectivity index (χ2n) is 3.87. The van der Waals surface area contributed by atoms with Crippen molar-refractivity contribution < 1.29 is 43.0 Å². The lowest BCUT2D eigenvalue weighted by Gasteiger charge is -2.16. The van der Waals surface area contributed by atoms with Gasteiger partial charge in [0, 0.05) is 22.6 Å². The third-order valence-electron chi connectivity index (χ3n) is 2.66. The van der Waals surface area contributed by atoms with E-state index < -0.39 is 62.2 Å². The summed E-state index contributed by atoms with van der Waals surface area (Å²) in [7, 11) is 0. The van der Waals surface area contributed by atoms with Gasteiger partial charge in [-0.2, -0.15) is 0 Å². The SMILES string of the molecule is [2H]C1C([2H])([2H])N(OC(=O)O[C@H]2C(=O)O[C@H]3OC(=O)C[C@H]32)C([2H])([2H])C1([2H])[2H]. The fourth-order valence-electron chi connectivity index (χ4n) is 1.87. The molecule has 3 saturated heterocycles. The fourth-order valence-corrected chi connectivity index (χ4v) is 1.87. The Bertz CT molecular complexity index is 671. The van der Waals surface area contributed by atoms with Crippen LogP contribution in [0.15, 0.2) is 0 Å². The first kappa shape index (κ1) is 6.56. The minimum atomic E-state index is -3.19. The Morgan fingerprint density at radius 2 is 2.21 bits per heavy atom. The maximum Gasteiger partial charge on any atom is 0.528 e. The first-order valence-corrected chi connectivity index (χ1v) is 5.31. The molecule has 0 aromatic rings. The number of hydrogen-bond donors (Lipinski definition) is 0. The lowest BCUT2D eigenvalue weighted by molar-refractivity contribution is -0.172. The first-order valence-electron chi connectivity index (χ1n) is 8.89. The number of hydrogen-bond acceptors (Lipinski definition) is 8. The highest BCUT2D eigenvalue weighted by atomic mass is 16.8. The number of nitrogens with zero attached hydrogens (tertiary/aromatic N) is 1. The molecule has 0 aromatic heterocycles. The quantitative estimate of drug-likeness (QED) is 0.650. The number of hydroxylamine groups is 2. The first-order chi connectivity index (χ1) is 11.8. The van der Waals surface area contributed by atoms with E-state index in [1.54, 1.807) is 0 Å². The molecule has 0 aliphatic carbocycles. The van der Waals surface area contributed by atoms with E-state index in [2.05, 4.69) is 9.57 Å². The van der Waals surface area contributed by atoms with Crippen molar-refractivity contribution in [3.63, 3.8) is 0 Å². The summed E-state index contributed by atoms with van der Waals surface area (Å²) in [4.78, 5) is 39.3. The lowest BCUT2D eigenvalue weighted by Crippen LogP contribution is -2.33. The molecule has 0 saturated carbocycles. The summed E-state index contributed by atoms with van der Waals surface area (Å²) in [6.07, 6.45) is -10.0. The van der Waals surface area contributed by atoms with Crippen LogP contribution in [0.5, 0.6) is 0 Å². The van der Waals surface area contributed by atoms with E-state index in [0.29, 0.717) is 0 Å². The molecule has 3 fully saturated rings. The van der Waals surface area contributed by atoms with Gasteiger partial charge in [0.15, 0.2) is 0 Å². The van der Waals surface area contributed by atoms with Crippen molar-refractivity contribution in [1.82, 2.24) is 5.06 Å². The highest BCUT2D eigenvalue weighted by molar-refractivity contribution is 5.83. The summed E-state index contributed by atoms with van der Waals surface area (Å²) in [6, 6.07) is 0. The van der Waals surface area contributed by atoms with E-state index in [4.69, 9.17) is 19.1 Å². The number of carbonyl (C=O) groups excluding carboxylic acids is 3. The average molecular weight is 278 g/mol. The van der Waals surface area contributed by atoms with Gasteiger partial charge < -0.3 is 19.0 Å². The van der Waals surface area contributed by atoms with E-state index in [0.717, 1.165) is 0 Å². The maximum atomic E-state index is 11.9. The van der Waals surface area contributed by atoms with Gasteiger partial charge >= 0.3 is 18.1 Å². The van der Waals surface area contributed by atoms with Gasteiger partial charge in [0.2, 0.25) is 6.10 Å². The molecule has 8 heteroatoms. The summed E-state index contributed by atoms with van der Waals surface area (Å²) >= 11 is 0. The molecule has 8 nitrogen and oxygen atoms in total. The Hall–Kier alpha value is -1.83. The zero-order valence-corrected chi connectivity index (χ0v) is 9.32. The van der Waals surface area contributed by atoms with E-state index in [1.165, 1.54) is 0 Å². The molecule has 0 radical (unpaired) electrons. The second kappa shape index (κ2) is 4.69. The molecule has 4 atom stereocenters. The molecule has 0 spiro atoms. The molecule has 1 unspecified atom stereocenters. The van der Waals surface area contributed by atoms with Gasteiger partial charge in [-0.15, -0.1) is 5.06 Å². The Morgan fingerprint density at radius 1 is 1.37 bits per heavy atom. The number of carbonyl (C=O) groups is 3. The molecule has 0 N–H and O–H groups in total. The van der Waals surface area contributed by atoms with Gasteiger partial charge in [-0.3, -0.25) is 4.79 Å². The summed E-state index contributed by atoms with van der Waals surface area (Å²) in [5.74, 6) is -2.62. The van der Waals surface area contributed by atoms with Crippen LogP contribution in [0.25, 0.3) is 0 Å². The van der Waals surface area contributed by atoms with Gasteiger partial charge in [0.1, 0.15) is 0 Å². The van der Waals surface area contributed by atoms with Crippen LogP contribution < -0.4 is 0 Å². The van der Waals surface area contributed by atoms with Crippen LogP contribution in [0.1, 0.15) is 28.8 Å². The van der Waals surface area contributed by atoms with E-state index in [1.807, 2.05) is 0 Å². The molecule has 19 heavy (non-hydrogen) atoms. The number of fused-ring (bicyclic) bond motifs is 1. The topological polar surface area (TPSA) is 91.4 Å². The third-order valence-corrected chi connectivity index (χ3v) is 2.66. The number of esters is 2. The van der Waals surface area contributed by atoms with Crippen molar-refractivity contribution in [3.05, 3.63) is 0 Å². The summed E-state index contributed by atoms with van der Waals surface area (Å²) in [5, 5.41) is -0.242. The van der Waals surface area contributed by atoms with Crippen LogP contribution in [-0.2, 0) is 28.6 Å². The molecule has 104 valence electrons. The van der Waals surface area contributed by atoms with Crippen LogP contribution in [0.2, 0.25) is 0 Å². The van der Waals surface area contributed by atoms with Crippen LogP contribution in [0.3, 0.4) is 0 Å². The fraction of sp³-hybridized carbons (Fsp3) is 0.727. The van der Waals surface area contributed by atoms with Gasteiger partial charge in [0.25, 0.3) is 6.29 Å². The third kappa shape index (κ3) is 2.35. The molecule has 0 bridgehead atoms. The van der Waals surface area contributed by atoms with Crippen LogP contribution in [0, 0.1) is 5.92 Å². The molecular weight excluding hydrogens is 258 g/mol. The molecule has 3 aliphatic heterocycles. The van der Waals surface area contributed by atoms with E-state index >= 15 is 0 Å². The minimum Gasteiger partial charge on any atom is -0.425 e. The van der Waals surface area contributed by atoms with Gasteiger partial charge in [-0.25, -0.2) is 9.59 Å². The van der Waals surface area contributed by atoms with E-state index in [9.17, 15) is 14.4 Å². The van der Waals surface area contributed by atoms with Crippen LogP contribution in [0.4, 0.5) is 4.79 Å². The summed E-state index contributed by atoms with van der Waals surface area (Å²) in [5.41, 5.74) is 0. The normalized spacial score (nSPS) is 51.1. The monoisotopic (exact) mass is 278 g/mol. The molecule has 3 rings (SSSR count). The van der Waals surface area contributed by atoms with Gasteiger partial charge in [-0.05, 0) is 12.8 Å². The standard InChI is InChI=1S/C11H13NO7/c13-7-5-6-8(9(14)18-10(6)16-7)17-11(15)19-12-3-1-2-4-12/h6,8,10H,1-5H2/t6-,8+,10+/m0/s1/i1D,2D2,3D2,4D2/t1?,6-,8+,10+. The molecule has 0 aromatic carbocycles. The lowest BCUT2D eigenvalue weighted by atomic mass is 10.0. The Balaban J connectivity index is 1.74. The minimum absolute atomic E-state index is 0.242. The predicted molar refractivity (Wildman–Crippen MR) is 56.2 cm³/mol. The molecule has 0 amide bonds. The Labute approximate surface area is 118 Å². The van der Waals surface area contributed by atoms with Crippen molar-refractivity contribution in [2.45, 2.75) is 31.6 Å². The zero-order valence-electron chi connectivity index (χ0n) is 16.3. The van der Waals surface area contributed by atoms with Crippen molar-refractivity contribution in [3.8, 4) is 0 Å². The molecule has 3 heterocycles. The Morgan fingerprint density at radius 3 is 2.95 bits per heavy atom. The summed E-state index contributed by atoms with van der Waals surface area (Å²) < 4.78 is 67.4. The Kier molecular flexibility index (Phi) is 1.62. The van der Waals surface area contributed by atoms with Crippen molar-refractivity contribution in [2.75, 3.05) is 13.0 Å². The van der Waals surface area contributed by atoms with Crippen LogP contribution in [-0.4, -0.2) is 48.5 Å². The highest BCUT2D eigenvalue weighted by Crippen LogP contribution is 2.34. The van der Waals surface area contributed by atoms with Gasteiger partial charge in [-0.1, -0.05) is 0 Å². The largest absolute Gasteiger partial charge is 0.528 e. The number of ether oxygens (including phenoxy) is 3. The average Bonchev–Trinajstić information content (AvgIpc) is 3.02. The second-order valence-corrected chi connectivity index (χ2v) is 3.87. The molecule has 3 aliphatic rings. The van der Waals surface area contributed by atoms with Crippen molar-refractivity contribution in [2.24, 2.45) is 5.92 Å². The maximum absolute atomic E-state index is 11.9. The van der Waals surface area contributed by atoms with Crippen molar-refractivity contribution >= 4 is 18.1 Å². The molecular formula is C11H13NO7. The number of rotatable bonds is 2. The van der Waals surface area contributed by atoms with Crippen molar-refractivity contribution in [1.29, 1.82) is 0 Å². The smallest absolute Gasteiger partial charge is 0.425 e. The predicted octanol–water partition coefficient (Wildman–Crippen LogP) is -0.0350. The highest BCUT2D eigenvalue weighted by Gasteiger charge is 2.54. The zero-order chi connectivity index (χ0) is 19.7. The van der Waals surface area contributed by atoms with E-state index in [-0.39, 0.29) is 11.5 Å². The van der Waals surface area contributed by atoms with Crippen LogP contribution >= 0.6 is 0 Å². The van der Waals surface area contributed by atoms with Gasteiger partial charge in [0.05, 0.1) is 12.3 Å².